The van der Waals surface area contributed by atoms with Crippen LogP contribution in [0, 0.1) is 19.3 Å². The predicted molar refractivity (Wildman–Crippen MR) is 104 cm³/mol. The summed E-state index contributed by atoms with van der Waals surface area (Å²) in [5.74, 6) is 1.49. The second kappa shape index (κ2) is 8.40. The molecule has 4 rings (SSSR count). The van der Waals surface area contributed by atoms with Crippen LogP contribution in [0.5, 0.6) is 11.5 Å². The first-order chi connectivity index (χ1) is 13.1. The molecule has 6 nitrogen and oxygen atoms in total. The molecule has 0 aromatic heterocycles. The number of benzene rings is 2. The molecule has 2 aromatic carbocycles. The third-order valence-electron chi connectivity index (χ3n) is 4.31. The Hall–Kier alpha value is -1.26. The van der Waals surface area contributed by atoms with E-state index < -0.39 is 17.2 Å². The van der Waals surface area contributed by atoms with Crippen LogP contribution >= 0.6 is 17.2 Å². The van der Waals surface area contributed by atoms with Gasteiger partial charge in [-0.15, -0.1) is 0 Å². The summed E-state index contributed by atoms with van der Waals surface area (Å²) in [5.41, 5.74) is 2.05. The Morgan fingerprint density at radius 1 is 0.630 bits per heavy atom. The third-order valence-corrected chi connectivity index (χ3v) is 6.39. The molecule has 0 unspecified atom stereocenters. The fraction of sp³-hybridized carbons (Fsp3) is 0.368. The maximum atomic E-state index is 5.80. The van der Waals surface area contributed by atoms with E-state index >= 15 is 0 Å². The van der Waals surface area contributed by atoms with Gasteiger partial charge in [-0.25, -0.2) is 0 Å². The van der Waals surface area contributed by atoms with Gasteiger partial charge in [-0.3, -0.25) is 0 Å². The standard InChI is InChI=1S/C19H22O6P2/c1-15-3-7-17(8-4-15)24-26-20-11-19(12-21-26)13-22-27(23-14-19)25-18-9-5-16(2)6-10-18/h3-10H,11-14H2,1-2H3. The van der Waals surface area contributed by atoms with Crippen molar-refractivity contribution < 1.29 is 27.1 Å². The van der Waals surface area contributed by atoms with Gasteiger partial charge in [0.25, 0.3) is 0 Å². The van der Waals surface area contributed by atoms with Gasteiger partial charge in [-0.1, -0.05) is 35.4 Å². The van der Waals surface area contributed by atoms with E-state index in [1.165, 1.54) is 11.1 Å². The van der Waals surface area contributed by atoms with Crippen LogP contribution in [0.4, 0.5) is 0 Å². The van der Waals surface area contributed by atoms with Gasteiger partial charge in [0.1, 0.15) is 11.5 Å². The van der Waals surface area contributed by atoms with E-state index in [1.807, 2.05) is 62.4 Å². The Balaban J connectivity index is 1.24. The highest BCUT2D eigenvalue weighted by atomic mass is 31.2. The molecule has 0 N–H and O–H groups in total. The van der Waals surface area contributed by atoms with Crippen molar-refractivity contribution in [2.45, 2.75) is 13.8 Å². The van der Waals surface area contributed by atoms with E-state index in [1.54, 1.807) is 0 Å². The molecule has 1 spiro atoms. The Morgan fingerprint density at radius 2 is 0.963 bits per heavy atom. The Bertz CT molecular complexity index is 667. The fourth-order valence-corrected chi connectivity index (χ4v) is 5.02. The SMILES string of the molecule is Cc1ccc(OP2OCC3(CO2)COP(Oc2ccc(C)cc2)OC3)cc1. The van der Waals surface area contributed by atoms with Crippen molar-refractivity contribution in [3.05, 3.63) is 59.7 Å². The lowest BCUT2D eigenvalue weighted by Gasteiger charge is -2.41. The van der Waals surface area contributed by atoms with Crippen LogP contribution in [0.3, 0.4) is 0 Å². The van der Waals surface area contributed by atoms with Gasteiger partial charge in [-0.2, -0.15) is 0 Å². The number of aryl methyl sites for hydroxylation is 2. The van der Waals surface area contributed by atoms with Crippen molar-refractivity contribution in [2.75, 3.05) is 26.4 Å². The first-order valence-electron chi connectivity index (χ1n) is 8.72. The highest BCUT2D eigenvalue weighted by Gasteiger charge is 2.44. The average molecular weight is 408 g/mol. The van der Waals surface area contributed by atoms with E-state index in [0.29, 0.717) is 26.4 Å². The quantitative estimate of drug-likeness (QED) is 0.641. The monoisotopic (exact) mass is 408 g/mol. The van der Waals surface area contributed by atoms with Crippen molar-refractivity contribution in [2.24, 2.45) is 5.41 Å². The van der Waals surface area contributed by atoms with Crippen LogP contribution in [-0.4, -0.2) is 26.4 Å². The highest BCUT2D eigenvalue weighted by Crippen LogP contribution is 2.52. The summed E-state index contributed by atoms with van der Waals surface area (Å²) in [6.07, 6.45) is 0. The summed E-state index contributed by atoms with van der Waals surface area (Å²) in [5, 5.41) is 0. The molecule has 2 saturated heterocycles. The van der Waals surface area contributed by atoms with Crippen molar-refractivity contribution in [3.63, 3.8) is 0 Å². The lowest BCUT2D eigenvalue weighted by molar-refractivity contribution is -0.0672. The number of hydrogen-bond acceptors (Lipinski definition) is 6. The van der Waals surface area contributed by atoms with Crippen LogP contribution in [0.2, 0.25) is 0 Å². The van der Waals surface area contributed by atoms with E-state index in [0.717, 1.165) is 11.5 Å². The molecule has 0 saturated carbocycles. The van der Waals surface area contributed by atoms with Crippen LogP contribution in [0.25, 0.3) is 0 Å². The van der Waals surface area contributed by atoms with E-state index in [4.69, 9.17) is 27.1 Å². The molecular weight excluding hydrogens is 386 g/mol. The molecule has 2 aliphatic rings. The zero-order valence-electron chi connectivity index (χ0n) is 15.3. The first-order valence-corrected chi connectivity index (χ1v) is 10.9. The second-order valence-electron chi connectivity index (χ2n) is 6.85. The summed E-state index contributed by atoms with van der Waals surface area (Å²) in [6, 6.07) is 15.6. The Morgan fingerprint density at radius 3 is 1.30 bits per heavy atom. The largest absolute Gasteiger partial charge is 0.427 e. The zero-order valence-corrected chi connectivity index (χ0v) is 17.1. The van der Waals surface area contributed by atoms with Gasteiger partial charge >= 0.3 is 17.2 Å². The summed E-state index contributed by atoms with van der Waals surface area (Å²) >= 11 is 0. The maximum Gasteiger partial charge on any atom is 0.397 e. The van der Waals surface area contributed by atoms with E-state index in [9.17, 15) is 0 Å². The maximum absolute atomic E-state index is 5.80. The summed E-state index contributed by atoms with van der Waals surface area (Å²) < 4.78 is 34.7. The summed E-state index contributed by atoms with van der Waals surface area (Å²) in [6.45, 7) is 5.95. The first kappa shape index (κ1) is 19.1. The molecule has 0 amide bonds. The molecule has 0 aliphatic carbocycles. The van der Waals surface area contributed by atoms with Crippen molar-refractivity contribution in [1.82, 2.24) is 0 Å². The molecule has 27 heavy (non-hydrogen) atoms. The average Bonchev–Trinajstić information content (AvgIpc) is 2.69. The van der Waals surface area contributed by atoms with Gasteiger partial charge in [-0.05, 0) is 38.1 Å². The summed E-state index contributed by atoms with van der Waals surface area (Å²) in [4.78, 5) is 0. The molecule has 8 heteroatoms. The molecule has 0 bridgehead atoms. The highest BCUT2D eigenvalue weighted by molar-refractivity contribution is 7.42. The van der Waals surface area contributed by atoms with Gasteiger partial charge < -0.3 is 27.1 Å². The van der Waals surface area contributed by atoms with Crippen molar-refractivity contribution in [3.8, 4) is 11.5 Å². The van der Waals surface area contributed by atoms with Crippen LogP contribution in [0.15, 0.2) is 48.5 Å². The van der Waals surface area contributed by atoms with Crippen molar-refractivity contribution >= 4 is 17.2 Å². The Labute approximate surface area is 161 Å². The molecule has 2 fully saturated rings. The molecule has 0 atom stereocenters. The minimum Gasteiger partial charge on any atom is -0.427 e. The zero-order chi connectivity index (χ0) is 18.7. The molecule has 2 aliphatic heterocycles. The van der Waals surface area contributed by atoms with Crippen LogP contribution in [0.1, 0.15) is 11.1 Å². The lowest BCUT2D eigenvalue weighted by atomic mass is 9.93. The molecule has 144 valence electrons. The molecule has 2 heterocycles. The number of hydrogen-bond donors (Lipinski definition) is 0. The van der Waals surface area contributed by atoms with E-state index in [2.05, 4.69) is 0 Å². The lowest BCUT2D eigenvalue weighted by Crippen LogP contribution is -2.45. The topological polar surface area (TPSA) is 55.4 Å². The van der Waals surface area contributed by atoms with Gasteiger partial charge in [0.2, 0.25) is 0 Å². The minimum absolute atomic E-state index is 0.315. The Kier molecular flexibility index (Phi) is 5.93. The van der Waals surface area contributed by atoms with Crippen LogP contribution in [-0.2, 0) is 18.1 Å². The third kappa shape index (κ3) is 4.97. The molecular formula is C19H22O6P2. The smallest absolute Gasteiger partial charge is 0.397 e. The summed E-state index contributed by atoms with van der Waals surface area (Å²) in [7, 11) is -2.80. The molecule has 2 aromatic rings. The number of rotatable bonds is 4. The molecule has 0 radical (unpaired) electrons. The van der Waals surface area contributed by atoms with Gasteiger partial charge in [0.15, 0.2) is 0 Å². The normalized spacial score (nSPS) is 28.1. The van der Waals surface area contributed by atoms with Crippen molar-refractivity contribution in [1.29, 1.82) is 0 Å². The second-order valence-corrected chi connectivity index (χ2v) is 9.14. The van der Waals surface area contributed by atoms with Gasteiger partial charge in [0, 0.05) is 0 Å². The van der Waals surface area contributed by atoms with Crippen LogP contribution < -0.4 is 9.05 Å². The minimum atomic E-state index is -1.40. The van der Waals surface area contributed by atoms with E-state index in [-0.39, 0.29) is 5.41 Å². The van der Waals surface area contributed by atoms with Gasteiger partial charge in [0.05, 0.1) is 31.8 Å². The fourth-order valence-electron chi connectivity index (χ4n) is 2.56. The predicted octanol–water partition coefficient (Wildman–Crippen LogP) is 5.30.